The number of nitrogens with two attached hydrogens (primary N) is 1. The van der Waals surface area contributed by atoms with Crippen LogP contribution < -0.4 is 5.73 Å². The minimum atomic E-state index is 0.593. The number of anilines is 1. The first-order valence-corrected chi connectivity index (χ1v) is 7.79. The molecule has 7 nitrogen and oxygen atoms in total. The Balaban J connectivity index is 1.77. The number of nitrogen functional groups attached to an aromatic ring is 1. The number of fused-ring (bicyclic) bond motifs is 1. The van der Waals surface area contributed by atoms with Crippen molar-refractivity contribution in [2.24, 2.45) is 0 Å². The monoisotopic (exact) mass is 319 g/mol. The van der Waals surface area contributed by atoms with Crippen molar-refractivity contribution >= 4 is 16.7 Å². The summed E-state index contributed by atoms with van der Waals surface area (Å²) in [5.41, 5.74) is 8.65. The van der Waals surface area contributed by atoms with Gasteiger partial charge in [0.2, 0.25) is 0 Å². The molecule has 4 rings (SSSR count). The zero-order valence-electron chi connectivity index (χ0n) is 13.3. The number of nitrogens with zero attached hydrogens (tertiary/aromatic N) is 6. The van der Waals surface area contributed by atoms with Crippen LogP contribution in [0.3, 0.4) is 0 Å². The molecule has 0 aliphatic rings. The number of imidazole rings is 2. The summed E-state index contributed by atoms with van der Waals surface area (Å²) in [6, 6.07) is 7.58. The third-order valence-electron chi connectivity index (χ3n) is 3.96. The molecule has 0 saturated heterocycles. The van der Waals surface area contributed by atoms with Gasteiger partial charge in [-0.15, -0.1) is 0 Å². The van der Waals surface area contributed by atoms with Crippen molar-refractivity contribution in [3.63, 3.8) is 0 Å². The second kappa shape index (κ2) is 5.77. The molecule has 1 aromatic carbocycles. The van der Waals surface area contributed by atoms with Gasteiger partial charge in [0.25, 0.3) is 0 Å². The highest BCUT2D eigenvalue weighted by atomic mass is 15.2. The average Bonchev–Trinajstić information content (AvgIpc) is 3.19. The van der Waals surface area contributed by atoms with Gasteiger partial charge in [-0.1, -0.05) is 0 Å². The smallest absolute Gasteiger partial charge is 0.195 e. The van der Waals surface area contributed by atoms with E-state index in [4.69, 9.17) is 10.7 Å². The Morgan fingerprint density at radius 3 is 2.71 bits per heavy atom. The molecule has 0 bridgehead atoms. The average molecular weight is 319 g/mol. The van der Waals surface area contributed by atoms with E-state index in [2.05, 4.69) is 26.4 Å². The fourth-order valence-corrected chi connectivity index (χ4v) is 2.87. The van der Waals surface area contributed by atoms with E-state index < -0.39 is 0 Å². The van der Waals surface area contributed by atoms with Crippen LogP contribution in [0, 0.1) is 0 Å². The predicted molar refractivity (Wildman–Crippen MR) is 92.2 cm³/mol. The summed E-state index contributed by atoms with van der Waals surface area (Å²) in [7, 11) is 0. The molecule has 0 aliphatic heterocycles. The molecule has 3 aromatic heterocycles. The molecule has 0 radical (unpaired) electrons. The molecular weight excluding hydrogens is 302 g/mol. The maximum Gasteiger partial charge on any atom is 0.195 e. The van der Waals surface area contributed by atoms with Crippen molar-refractivity contribution in [3.8, 4) is 11.6 Å². The molecule has 0 aliphatic carbocycles. The van der Waals surface area contributed by atoms with E-state index in [0.29, 0.717) is 12.4 Å². The molecule has 24 heavy (non-hydrogen) atoms. The van der Waals surface area contributed by atoms with Crippen molar-refractivity contribution in [1.29, 1.82) is 0 Å². The predicted octanol–water partition coefficient (Wildman–Crippen LogP) is 2.34. The number of aromatic nitrogens is 6. The molecule has 4 aromatic rings. The molecule has 120 valence electrons. The number of rotatable bonds is 4. The van der Waals surface area contributed by atoms with Crippen molar-refractivity contribution in [3.05, 3.63) is 54.9 Å². The lowest BCUT2D eigenvalue weighted by Crippen LogP contribution is -2.09. The van der Waals surface area contributed by atoms with Gasteiger partial charge in [0, 0.05) is 37.0 Å². The standard InChI is InChI=1S/C17H17N7/c1-2-24-14-10-12(18)4-5-13(14)22-15(24)11-23-9-8-21-17(23)16-19-6-3-7-20-16/h3-10H,2,11,18H2,1H3. The SMILES string of the molecule is CCn1c(Cn2ccnc2-c2ncccn2)nc2ccc(N)cc21. The van der Waals surface area contributed by atoms with E-state index in [1.807, 2.05) is 29.0 Å². The van der Waals surface area contributed by atoms with Gasteiger partial charge in [-0.2, -0.15) is 0 Å². The molecule has 0 saturated carbocycles. The van der Waals surface area contributed by atoms with E-state index in [9.17, 15) is 0 Å². The van der Waals surface area contributed by atoms with Crippen LogP contribution in [-0.4, -0.2) is 29.1 Å². The van der Waals surface area contributed by atoms with Crippen molar-refractivity contribution in [2.45, 2.75) is 20.0 Å². The highest BCUT2D eigenvalue weighted by Gasteiger charge is 2.14. The fraction of sp³-hybridized carbons (Fsp3) is 0.176. The van der Waals surface area contributed by atoms with Gasteiger partial charge >= 0.3 is 0 Å². The first-order chi connectivity index (χ1) is 11.8. The zero-order chi connectivity index (χ0) is 16.5. The summed E-state index contributed by atoms with van der Waals surface area (Å²) >= 11 is 0. The summed E-state index contributed by atoms with van der Waals surface area (Å²) in [5.74, 6) is 2.28. The molecule has 0 spiro atoms. The van der Waals surface area contributed by atoms with E-state index >= 15 is 0 Å². The van der Waals surface area contributed by atoms with Crippen LogP contribution in [0.5, 0.6) is 0 Å². The van der Waals surface area contributed by atoms with Crippen LogP contribution in [0.2, 0.25) is 0 Å². The second-order valence-corrected chi connectivity index (χ2v) is 5.47. The van der Waals surface area contributed by atoms with Crippen LogP contribution in [0.25, 0.3) is 22.7 Å². The largest absolute Gasteiger partial charge is 0.399 e. The highest BCUT2D eigenvalue weighted by molar-refractivity contribution is 5.79. The van der Waals surface area contributed by atoms with Crippen LogP contribution >= 0.6 is 0 Å². The molecular formula is C17H17N7. The summed E-state index contributed by atoms with van der Waals surface area (Å²) in [5, 5.41) is 0. The molecule has 2 N–H and O–H groups in total. The summed E-state index contributed by atoms with van der Waals surface area (Å²) in [6.07, 6.45) is 7.10. The Kier molecular flexibility index (Phi) is 3.45. The lowest BCUT2D eigenvalue weighted by molar-refractivity contribution is 0.665. The number of hydrogen-bond acceptors (Lipinski definition) is 5. The Morgan fingerprint density at radius 2 is 1.92 bits per heavy atom. The van der Waals surface area contributed by atoms with Crippen molar-refractivity contribution < 1.29 is 0 Å². The van der Waals surface area contributed by atoms with E-state index in [1.165, 1.54) is 0 Å². The molecule has 7 heteroatoms. The van der Waals surface area contributed by atoms with E-state index in [-0.39, 0.29) is 0 Å². The first kappa shape index (κ1) is 14.4. The van der Waals surface area contributed by atoms with E-state index in [0.717, 1.165) is 34.9 Å². The summed E-state index contributed by atoms with van der Waals surface area (Å²) in [6.45, 7) is 3.51. The fourth-order valence-electron chi connectivity index (χ4n) is 2.87. The van der Waals surface area contributed by atoms with Gasteiger partial charge in [-0.25, -0.2) is 19.9 Å². The van der Waals surface area contributed by atoms with Gasteiger partial charge in [0.1, 0.15) is 5.82 Å². The quantitative estimate of drug-likeness (QED) is 0.583. The Morgan fingerprint density at radius 1 is 1.08 bits per heavy atom. The third-order valence-corrected chi connectivity index (χ3v) is 3.96. The minimum Gasteiger partial charge on any atom is -0.399 e. The summed E-state index contributed by atoms with van der Waals surface area (Å²) in [4.78, 5) is 17.7. The number of aryl methyl sites for hydroxylation is 1. The van der Waals surface area contributed by atoms with Crippen LogP contribution in [0.15, 0.2) is 49.1 Å². The van der Waals surface area contributed by atoms with Crippen LogP contribution in [0.1, 0.15) is 12.7 Å². The maximum atomic E-state index is 5.92. The van der Waals surface area contributed by atoms with Crippen LogP contribution in [-0.2, 0) is 13.1 Å². The number of hydrogen-bond donors (Lipinski definition) is 1. The normalized spacial score (nSPS) is 11.2. The van der Waals surface area contributed by atoms with E-state index in [1.54, 1.807) is 24.7 Å². The topological polar surface area (TPSA) is 87.4 Å². The molecule has 0 atom stereocenters. The molecule has 0 unspecified atom stereocenters. The first-order valence-electron chi connectivity index (χ1n) is 7.79. The molecule has 0 fully saturated rings. The van der Waals surface area contributed by atoms with Crippen molar-refractivity contribution in [1.82, 2.24) is 29.1 Å². The minimum absolute atomic E-state index is 0.593. The second-order valence-electron chi connectivity index (χ2n) is 5.47. The van der Waals surface area contributed by atoms with Gasteiger partial charge in [-0.3, -0.25) is 0 Å². The molecule has 3 heterocycles. The van der Waals surface area contributed by atoms with Gasteiger partial charge < -0.3 is 14.9 Å². The van der Waals surface area contributed by atoms with Crippen LogP contribution in [0.4, 0.5) is 5.69 Å². The Hall–Kier alpha value is -3.22. The maximum absolute atomic E-state index is 5.92. The molecule has 0 amide bonds. The third kappa shape index (κ3) is 2.40. The summed E-state index contributed by atoms with van der Waals surface area (Å²) < 4.78 is 4.17. The lowest BCUT2D eigenvalue weighted by Gasteiger charge is -2.09. The van der Waals surface area contributed by atoms with Gasteiger partial charge in [-0.05, 0) is 31.2 Å². The Bertz CT molecular complexity index is 985. The highest BCUT2D eigenvalue weighted by Crippen LogP contribution is 2.21. The van der Waals surface area contributed by atoms with Crippen molar-refractivity contribution in [2.75, 3.05) is 5.73 Å². The number of benzene rings is 1. The zero-order valence-corrected chi connectivity index (χ0v) is 13.3. The lowest BCUT2D eigenvalue weighted by atomic mass is 10.3. The van der Waals surface area contributed by atoms with Gasteiger partial charge in [0.15, 0.2) is 11.6 Å². The Labute approximate surface area is 138 Å². The van der Waals surface area contributed by atoms with Gasteiger partial charge in [0.05, 0.1) is 17.6 Å².